The lowest BCUT2D eigenvalue weighted by Crippen LogP contribution is -2.66. The Hall–Kier alpha value is -3.76. The van der Waals surface area contributed by atoms with Crippen LogP contribution in [0.1, 0.15) is 23.6 Å². The fourth-order valence-electron chi connectivity index (χ4n) is 4.34. The minimum Gasteiger partial charge on any atom is -0.364 e. The van der Waals surface area contributed by atoms with Gasteiger partial charge in [0, 0.05) is 27.0 Å². The first-order valence-electron chi connectivity index (χ1n) is 10.3. The molecule has 2 atom stereocenters. The number of hydrogen-bond donors (Lipinski definition) is 1. The zero-order valence-corrected chi connectivity index (χ0v) is 19.9. The van der Waals surface area contributed by atoms with E-state index in [1.165, 1.54) is 48.5 Å². The summed E-state index contributed by atoms with van der Waals surface area (Å²) in [5, 5.41) is 31.5. The van der Waals surface area contributed by atoms with Gasteiger partial charge < -0.3 is 5.11 Å². The van der Waals surface area contributed by atoms with Crippen LogP contribution in [0.3, 0.4) is 0 Å². The largest absolute Gasteiger partial charge is 0.416 e. The summed E-state index contributed by atoms with van der Waals surface area (Å²) in [6.45, 7) is 0.681. The first-order chi connectivity index (χ1) is 16.9. The summed E-state index contributed by atoms with van der Waals surface area (Å²) in [4.78, 5) is 14.9. The van der Waals surface area contributed by atoms with Crippen molar-refractivity contribution >= 4 is 40.6 Å². The zero-order valence-electron chi connectivity index (χ0n) is 18.4. The van der Waals surface area contributed by atoms with Gasteiger partial charge in [-0.2, -0.15) is 23.7 Å². The van der Waals surface area contributed by atoms with E-state index >= 15 is 13.2 Å². The number of alkyl halides is 3. The average Bonchev–Trinajstić information content (AvgIpc) is 3.03. The molecule has 11 heteroatoms. The molecule has 182 valence electrons. The van der Waals surface area contributed by atoms with Gasteiger partial charge in [-0.3, -0.25) is 9.80 Å². The van der Waals surface area contributed by atoms with Crippen LogP contribution < -0.4 is 9.80 Å². The molecule has 0 spiro atoms. The Morgan fingerprint density at radius 1 is 0.833 bits per heavy atom. The molecule has 1 aliphatic rings. The van der Waals surface area contributed by atoms with Crippen molar-refractivity contribution < 1.29 is 23.1 Å². The van der Waals surface area contributed by atoms with Crippen LogP contribution in [0.25, 0.3) is 0 Å². The second-order valence-corrected chi connectivity index (χ2v) is 9.04. The van der Waals surface area contributed by atoms with Gasteiger partial charge in [-0.15, -0.1) is 0 Å². The molecule has 4 rings (SSSR count). The number of carbonyl (C=O) groups excluding carboxylic acids is 1. The lowest BCUT2D eigenvalue weighted by Gasteiger charge is -2.45. The number of nitrogens with zero attached hydrogens (tertiary/aromatic N) is 4. The second-order valence-electron chi connectivity index (χ2n) is 8.17. The molecule has 36 heavy (non-hydrogen) atoms. The lowest BCUT2D eigenvalue weighted by molar-refractivity contribution is -0.227. The number of urea groups is 1. The minimum atomic E-state index is -5.21. The van der Waals surface area contributed by atoms with Crippen molar-refractivity contribution in [3.63, 3.8) is 0 Å². The van der Waals surface area contributed by atoms with Crippen LogP contribution in [0.15, 0.2) is 66.7 Å². The van der Waals surface area contributed by atoms with Gasteiger partial charge in [0.2, 0.25) is 5.72 Å². The van der Waals surface area contributed by atoms with E-state index in [0.29, 0.717) is 16.7 Å². The fourth-order valence-corrected chi connectivity index (χ4v) is 4.59. The standard InChI is InChI=1S/C25H15Cl2F3N4O2/c1-23(25(28,29)30)24(36,17-11-15(13-31)10-16(12-17)14-32)34(21-8-4-19(27)5-9-21)22(35)33(23)20-6-2-18(26)3-7-20/h2-12,36H,1H3/t23-,24?/m1/s1. The summed E-state index contributed by atoms with van der Waals surface area (Å²) in [5.41, 5.74) is -7.53. The Morgan fingerprint density at radius 3 is 1.64 bits per heavy atom. The van der Waals surface area contributed by atoms with Gasteiger partial charge in [-0.05, 0) is 73.7 Å². The van der Waals surface area contributed by atoms with Crippen LogP contribution in [0.4, 0.5) is 29.3 Å². The van der Waals surface area contributed by atoms with Crippen LogP contribution in [-0.4, -0.2) is 22.9 Å². The van der Waals surface area contributed by atoms with E-state index in [1.54, 1.807) is 12.1 Å². The van der Waals surface area contributed by atoms with E-state index in [-0.39, 0.29) is 32.5 Å². The molecule has 0 aliphatic carbocycles. The molecule has 6 nitrogen and oxygen atoms in total. The van der Waals surface area contributed by atoms with Crippen LogP contribution in [-0.2, 0) is 5.72 Å². The summed E-state index contributed by atoms with van der Waals surface area (Å²) in [5.74, 6) is 0. The topological polar surface area (TPSA) is 91.4 Å². The third-order valence-electron chi connectivity index (χ3n) is 6.15. The maximum Gasteiger partial charge on any atom is 0.416 e. The molecule has 1 heterocycles. The van der Waals surface area contributed by atoms with Crippen LogP contribution in [0.5, 0.6) is 0 Å². The predicted octanol–water partition coefficient (Wildman–Crippen LogP) is 6.35. The Morgan fingerprint density at radius 2 is 1.25 bits per heavy atom. The molecule has 1 fully saturated rings. The molecule has 0 aromatic heterocycles. The minimum absolute atomic E-state index is 0.0975. The average molecular weight is 531 g/mol. The highest BCUT2D eigenvalue weighted by molar-refractivity contribution is 6.31. The number of halogens is 5. The molecule has 0 bridgehead atoms. The van der Waals surface area contributed by atoms with E-state index in [4.69, 9.17) is 23.2 Å². The third-order valence-corrected chi connectivity index (χ3v) is 6.65. The van der Waals surface area contributed by atoms with Crippen LogP contribution in [0, 0.1) is 22.7 Å². The van der Waals surface area contributed by atoms with Gasteiger partial charge >= 0.3 is 12.2 Å². The van der Waals surface area contributed by atoms with E-state index in [0.717, 1.165) is 18.2 Å². The number of carbonyl (C=O) groups is 1. The summed E-state index contributed by atoms with van der Waals surface area (Å²) in [7, 11) is 0. The van der Waals surface area contributed by atoms with Crippen molar-refractivity contribution in [3.8, 4) is 12.1 Å². The van der Waals surface area contributed by atoms with Crippen LogP contribution >= 0.6 is 23.2 Å². The molecule has 3 aromatic carbocycles. The van der Waals surface area contributed by atoms with Gasteiger partial charge in [-0.25, -0.2) is 4.79 Å². The highest BCUT2D eigenvalue weighted by Gasteiger charge is 2.77. The molecule has 3 aromatic rings. The number of anilines is 2. The molecule has 1 N–H and O–H groups in total. The number of benzene rings is 3. The van der Waals surface area contributed by atoms with E-state index < -0.39 is 29.0 Å². The molecule has 0 radical (unpaired) electrons. The number of rotatable bonds is 3. The Balaban J connectivity index is 2.13. The lowest BCUT2D eigenvalue weighted by atomic mass is 9.80. The smallest absolute Gasteiger partial charge is 0.364 e. The molecule has 1 unspecified atom stereocenters. The number of nitriles is 2. The molecule has 1 aliphatic heterocycles. The Kier molecular flexibility index (Phi) is 6.14. The van der Waals surface area contributed by atoms with Gasteiger partial charge in [-0.1, -0.05) is 23.2 Å². The van der Waals surface area contributed by atoms with Crippen molar-refractivity contribution in [2.24, 2.45) is 0 Å². The second kappa shape index (κ2) is 8.72. The predicted molar refractivity (Wildman–Crippen MR) is 127 cm³/mol. The van der Waals surface area contributed by atoms with E-state index in [2.05, 4.69) is 0 Å². The quantitative estimate of drug-likeness (QED) is 0.427. The van der Waals surface area contributed by atoms with Crippen molar-refractivity contribution in [1.82, 2.24) is 0 Å². The van der Waals surface area contributed by atoms with Gasteiger partial charge in [0.25, 0.3) is 0 Å². The van der Waals surface area contributed by atoms with Gasteiger partial charge in [0.1, 0.15) is 0 Å². The Bertz CT molecular complexity index is 1400. The summed E-state index contributed by atoms with van der Waals surface area (Å²) in [6, 6.07) is 15.9. The van der Waals surface area contributed by atoms with Crippen LogP contribution in [0.2, 0.25) is 10.0 Å². The van der Waals surface area contributed by atoms with Crippen molar-refractivity contribution in [2.75, 3.05) is 9.80 Å². The number of hydrogen-bond acceptors (Lipinski definition) is 4. The molecular formula is C25H15Cl2F3N4O2. The maximum absolute atomic E-state index is 15.1. The summed E-state index contributed by atoms with van der Waals surface area (Å²) in [6.07, 6.45) is -5.21. The molecular weight excluding hydrogens is 516 g/mol. The monoisotopic (exact) mass is 530 g/mol. The van der Waals surface area contributed by atoms with Gasteiger partial charge in [0.15, 0.2) is 5.54 Å². The maximum atomic E-state index is 15.1. The zero-order chi connectivity index (χ0) is 26.5. The van der Waals surface area contributed by atoms with Crippen molar-refractivity contribution in [1.29, 1.82) is 10.5 Å². The Labute approximate surface area is 213 Å². The van der Waals surface area contributed by atoms with E-state index in [1.807, 2.05) is 0 Å². The first kappa shape index (κ1) is 25.3. The summed E-state index contributed by atoms with van der Waals surface area (Å²) < 4.78 is 45.2. The van der Waals surface area contributed by atoms with Crippen molar-refractivity contribution in [2.45, 2.75) is 24.4 Å². The highest BCUT2D eigenvalue weighted by Crippen LogP contribution is 2.57. The molecule has 2 amide bonds. The molecule has 0 saturated carbocycles. The highest BCUT2D eigenvalue weighted by atomic mass is 35.5. The van der Waals surface area contributed by atoms with Crippen molar-refractivity contribution in [3.05, 3.63) is 93.5 Å². The fraction of sp³-hybridized carbons (Fsp3) is 0.160. The third kappa shape index (κ3) is 3.64. The number of amides is 2. The van der Waals surface area contributed by atoms with Gasteiger partial charge in [0.05, 0.1) is 23.3 Å². The first-order valence-corrected chi connectivity index (χ1v) is 11.0. The van der Waals surface area contributed by atoms with E-state index in [9.17, 15) is 20.4 Å². The number of aliphatic hydroxyl groups is 1. The summed E-state index contributed by atoms with van der Waals surface area (Å²) >= 11 is 11.9. The normalized spacial score (nSPS) is 21.9. The molecule has 1 saturated heterocycles. The SMILES string of the molecule is C[C@@]1(C(F)(F)F)N(c2ccc(Cl)cc2)C(=O)N(c2ccc(Cl)cc2)C1(O)c1cc(C#N)cc(C#N)c1.